The van der Waals surface area contributed by atoms with E-state index in [4.69, 9.17) is 111 Å². The molecule has 0 bridgehead atoms. The molecule has 0 spiro atoms. The molecule has 0 atom stereocenters. The van der Waals surface area contributed by atoms with Crippen LogP contribution in [0.25, 0.3) is 0 Å². The van der Waals surface area contributed by atoms with Gasteiger partial charge in [-0.25, -0.2) is 0 Å². The zero-order valence-electron chi connectivity index (χ0n) is 57.0. The van der Waals surface area contributed by atoms with E-state index in [1.165, 1.54) is 11.1 Å². The van der Waals surface area contributed by atoms with Crippen molar-refractivity contribution in [2.24, 2.45) is 0 Å². The summed E-state index contributed by atoms with van der Waals surface area (Å²) in [6.45, 7) is 9.48. The smallest absolute Gasteiger partial charge is 0.400 e. The number of alkyl halides is 1. The predicted octanol–water partition coefficient (Wildman–Crippen LogP) is 12.8. The minimum atomic E-state index is -2.85. The summed E-state index contributed by atoms with van der Waals surface area (Å²) in [5.41, 5.74) is 10.9. The topological polar surface area (TPSA) is 174 Å². The molecule has 6 aromatic carbocycles. The minimum Gasteiger partial charge on any atom is -0.400 e. The first-order valence-corrected chi connectivity index (χ1v) is 42.1. The fourth-order valence-corrected chi connectivity index (χ4v) is 20.1. The normalized spacial score (nSPS) is 11.2. The zero-order valence-corrected chi connectivity index (χ0v) is 65.5. The van der Waals surface area contributed by atoms with Crippen LogP contribution in [0.5, 0.6) is 0 Å². The van der Waals surface area contributed by atoms with Crippen molar-refractivity contribution in [3.63, 3.8) is 0 Å². The molecule has 0 unspecified atom stereocenters. The van der Waals surface area contributed by atoms with E-state index in [9.17, 15) is 0 Å². The van der Waals surface area contributed by atoms with Gasteiger partial charge in [-0.3, -0.25) is 0 Å². The Morgan fingerprint density at radius 1 is 0.385 bits per heavy atom. The van der Waals surface area contributed by atoms with Crippen molar-refractivity contribution in [3.8, 4) is 0 Å². The maximum atomic E-state index is 6.21. The van der Waals surface area contributed by atoms with Crippen molar-refractivity contribution in [3.05, 3.63) is 196 Å². The molecule has 0 radical (unpaired) electrons. The Kier molecular flexibility index (Phi) is 51.9. The maximum Gasteiger partial charge on any atom is 0.538 e. The molecule has 26 heteroatoms. The first kappa shape index (κ1) is 87.7. The Labute approximate surface area is 569 Å². The molecule has 2 N–H and O–H groups in total. The van der Waals surface area contributed by atoms with Crippen molar-refractivity contribution in [2.75, 3.05) is 118 Å². The number of rotatable bonds is 33. The van der Waals surface area contributed by atoms with Crippen LogP contribution in [0.2, 0.25) is 28.2 Å². The molecule has 6 rings (SSSR count). The van der Waals surface area contributed by atoms with E-state index in [0.717, 1.165) is 82.1 Å². The largest absolute Gasteiger partial charge is 0.538 e. The van der Waals surface area contributed by atoms with Crippen LogP contribution < -0.4 is 16.1 Å². The van der Waals surface area contributed by atoms with Crippen LogP contribution >= 0.6 is 34.8 Å². The van der Waals surface area contributed by atoms with E-state index < -0.39 is 53.8 Å². The Morgan fingerprint density at radius 3 is 1.11 bits per heavy atom. The SMILES string of the molecule is CCC[Si](OC)(OC)OC.CCO[Si](OCC)(OCC)c1ccccc1Cl.CO[SiH](CCCc1ccccc1)OC.CO[SiH](Cc1ccccc1Cl)OC.CO[Si](CCc1ccccc1)(OC)OC.CO[Si](OC)(OC)c1ccccc1CCl.Nc1ccccc1. The Balaban J connectivity index is 0.00000105. The molecule has 6 aromatic rings. The van der Waals surface area contributed by atoms with Crippen molar-refractivity contribution in [2.45, 2.75) is 83.4 Å². The molecule has 0 aliphatic rings. The third kappa shape index (κ3) is 34.2. The standard InChI is InChI=1S/C12H19ClO3Si.C11H18O3Si.C11H18O2Si.C10H15ClO3Si.C9H13ClO2Si.C6H7N.C6H16O3Si/c1-4-14-17(15-5-2,16-6-3)12-10-8-7-9-11(12)13;1-12-15(13-2,14-3)10-9-11-7-5-4-6-8-11;1-12-14(13-2)10-6-9-11-7-4-3-5-8-11;1-12-15(13-2,14-3)10-7-5-4-6-9(10)8-11;1-11-13(12-2)7-8-5-3-4-6-9(8)10;7-6-4-2-1-3-5-6;1-5-6-10(7-2,8-3)9-4/h7-10H,4-6H2,1-3H3;4-8H,9-10H2,1-3H3;3-5,7-8,14H,6,9-10H2,1-2H3;4-7H,8H2,1-3H3;3-6,13H,7H2,1-2H3;1-5H,7H2;5-6H2,1-4H3. The van der Waals surface area contributed by atoms with Crippen LogP contribution in [-0.2, 0) is 95.6 Å². The molecule has 512 valence electrons. The van der Waals surface area contributed by atoms with Crippen LogP contribution in [0.4, 0.5) is 5.69 Å². The van der Waals surface area contributed by atoms with E-state index in [1.54, 1.807) is 92.4 Å². The van der Waals surface area contributed by atoms with E-state index in [2.05, 4.69) is 43.3 Å². The number of hydrogen-bond donors (Lipinski definition) is 1. The van der Waals surface area contributed by atoms with Crippen LogP contribution in [0.1, 0.15) is 62.8 Å². The summed E-state index contributed by atoms with van der Waals surface area (Å²) in [5.74, 6) is 0.418. The van der Waals surface area contributed by atoms with Gasteiger partial charge in [0.25, 0.3) is 0 Å². The lowest BCUT2D eigenvalue weighted by atomic mass is 10.1. The van der Waals surface area contributed by atoms with Crippen LogP contribution in [0, 0.1) is 0 Å². The van der Waals surface area contributed by atoms with Gasteiger partial charge in [0, 0.05) is 162 Å². The molecule has 0 saturated carbocycles. The summed E-state index contributed by atoms with van der Waals surface area (Å²) in [4.78, 5) is 0. The highest BCUT2D eigenvalue weighted by Gasteiger charge is 2.45. The molecule has 0 fully saturated rings. The summed E-state index contributed by atoms with van der Waals surface area (Å²) in [7, 11) is 8.35. The zero-order chi connectivity index (χ0) is 68.2. The number of benzene rings is 6. The maximum absolute atomic E-state index is 6.21. The summed E-state index contributed by atoms with van der Waals surface area (Å²) in [6, 6.07) is 56.9. The van der Waals surface area contributed by atoms with Gasteiger partial charge >= 0.3 is 53.8 Å². The van der Waals surface area contributed by atoms with Gasteiger partial charge in [-0.15, -0.1) is 11.6 Å². The number of nitrogen functional groups attached to an aromatic ring is 1. The first-order chi connectivity index (χ1) is 44.0. The van der Waals surface area contributed by atoms with E-state index in [1.807, 2.05) is 148 Å². The molecule has 91 heavy (non-hydrogen) atoms. The van der Waals surface area contributed by atoms with Gasteiger partial charge in [-0.05, 0) is 92.6 Å². The quantitative estimate of drug-likeness (QED) is 0.0234. The minimum absolute atomic E-state index is 0.418. The van der Waals surface area contributed by atoms with E-state index >= 15 is 0 Å². The van der Waals surface area contributed by atoms with Crippen molar-refractivity contribution in [1.82, 2.24) is 0 Å². The fourth-order valence-electron chi connectivity index (χ4n) is 8.52. The first-order valence-electron chi connectivity index (χ1n) is 30.0. The Bertz CT molecular complexity index is 2600. The molecule has 0 amide bonds. The number of hydrogen-bond acceptors (Lipinski definition) is 17. The Morgan fingerprint density at radius 2 is 0.758 bits per heavy atom. The second-order valence-corrected chi connectivity index (χ2v) is 36.3. The molecule has 0 aliphatic carbocycles. The average molecular weight is 1430 g/mol. The fraction of sp³-hybridized carbons (Fsp3) is 0.446. The van der Waals surface area contributed by atoms with Gasteiger partial charge in [-0.2, -0.15) is 0 Å². The number of anilines is 1. The van der Waals surface area contributed by atoms with E-state index in [0.29, 0.717) is 30.7 Å². The lowest BCUT2D eigenvalue weighted by molar-refractivity contribution is 0.0859. The molecule has 17 nitrogen and oxygen atoms in total. The highest BCUT2D eigenvalue weighted by Crippen LogP contribution is 2.20. The van der Waals surface area contributed by atoms with E-state index in [-0.39, 0.29) is 0 Å². The molecule has 0 saturated heterocycles. The summed E-state index contributed by atoms with van der Waals surface area (Å²) in [6.07, 6.45) is 4.23. The molecule has 0 heterocycles. The van der Waals surface area contributed by atoms with Gasteiger partial charge in [0.15, 0.2) is 0 Å². The number of nitrogens with two attached hydrogens (primary N) is 1. The van der Waals surface area contributed by atoms with Crippen LogP contribution in [0.3, 0.4) is 0 Å². The summed E-state index contributed by atoms with van der Waals surface area (Å²) < 4.78 is 86.1. The van der Waals surface area contributed by atoms with Crippen molar-refractivity contribution in [1.29, 1.82) is 0 Å². The van der Waals surface area contributed by atoms with Crippen molar-refractivity contribution >= 4 is 105 Å². The van der Waals surface area contributed by atoms with Gasteiger partial charge in [0.1, 0.15) is 0 Å². The third-order valence-corrected chi connectivity index (χ3v) is 29.9. The second-order valence-electron chi connectivity index (χ2n) is 19.0. The molecule has 0 aromatic heterocycles. The second kappa shape index (κ2) is 53.8. The predicted molar refractivity (Wildman–Crippen MR) is 386 cm³/mol. The van der Waals surface area contributed by atoms with Crippen LogP contribution in [0.15, 0.2) is 164 Å². The lowest BCUT2D eigenvalue weighted by Gasteiger charge is -2.29. The molecule has 0 aliphatic heterocycles. The van der Waals surface area contributed by atoms with Gasteiger partial charge in [-0.1, -0.05) is 176 Å². The number of aryl methyl sites for hydroxylation is 2. The third-order valence-electron chi connectivity index (χ3n) is 13.4. The summed E-state index contributed by atoms with van der Waals surface area (Å²) in [5, 5.41) is 3.18. The highest BCUT2D eigenvalue weighted by atomic mass is 35.5. The Hall–Kier alpha value is -3.35. The van der Waals surface area contributed by atoms with Crippen molar-refractivity contribution < 1.29 is 70.8 Å². The van der Waals surface area contributed by atoms with Crippen LogP contribution in [-0.4, -0.2) is 166 Å². The number of para-hydroxylation sites is 1. The number of halogens is 3. The van der Waals surface area contributed by atoms with Gasteiger partial charge in [0.05, 0.1) is 0 Å². The average Bonchev–Trinajstić information content (AvgIpc) is 1.06. The summed E-state index contributed by atoms with van der Waals surface area (Å²) >= 11 is 18.1. The lowest BCUT2D eigenvalue weighted by Crippen LogP contribution is -2.57. The highest BCUT2D eigenvalue weighted by molar-refractivity contribution is 6.77. The monoisotopic (exact) mass is 1430 g/mol. The van der Waals surface area contributed by atoms with Gasteiger partial charge < -0.3 is 76.5 Å². The molecular formula is C65H106Cl3NO16Si6. The molecular weight excluding hydrogens is 1330 g/mol. The van der Waals surface area contributed by atoms with Gasteiger partial charge in [0.2, 0.25) is 0 Å².